The second-order valence-corrected chi connectivity index (χ2v) is 5.16. The third-order valence-electron chi connectivity index (χ3n) is 3.33. The van der Waals surface area contributed by atoms with Gasteiger partial charge in [0, 0.05) is 30.9 Å². The van der Waals surface area contributed by atoms with Crippen LogP contribution in [0.2, 0.25) is 5.28 Å². The summed E-state index contributed by atoms with van der Waals surface area (Å²) in [4.78, 5) is 13.0. The molecule has 0 spiro atoms. The molecule has 94 valence electrons. The van der Waals surface area contributed by atoms with Crippen LogP contribution >= 0.6 is 11.6 Å². The van der Waals surface area contributed by atoms with Gasteiger partial charge in [-0.05, 0) is 45.5 Å². The largest absolute Gasteiger partial charge is 0.356 e. The van der Waals surface area contributed by atoms with Crippen LogP contribution in [0.5, 0.6) is 0 Å². The first-order valence-electron chi connectivity index (χ1n) is 5.99. The van der Waals surface area contributed by atoms with Gasteiger partial charge in [0.15, 0.2) is 0 Å². The molecule has 1 saturated heterocycles. The highest BCUT2D eigenvalue weighted by molar-refractivity contribution is 6.28. The summed E-state index contributed by atoms with van der Waals surface area (Å²) in [6.07, 6.45) is 2.35. The van der Waals surface area contributed by atoms with Gasteiger partial charge in [-0.15, -0.1) is 0 Å². The number of aromatic nitrogens is 2. The third-order valence-corrected chi connectivity index (χ3v) is 3.50. The van der Waals surface area contributed by atoms with Crippen molar-refractivity contribution in [2.24, 2.45) is 0 Å². The number of anilines is 1. The number of piperidine rings is 1. The molecule has 2 rings (SSSR count). The third kappa shape index (κ3) is 3.07. The van der Waals surface area contributed by atoms with E-state index in [1.165, 1.54) is 12.8 Å². The highest BCUT2D eigenvalue weighted by Crippen LogP contribution is 2.21. The van der Waals surface area contributed by atoms with E-state index in [4.69, 9.17) is 11.6 Å². The fraction of sp³-hybridized carbons (Fsp3) is 0.667. The number of nitrogens with zero attached hydrogens (tertiary/aromatic N) is 4. The van der Waals surface area contributed by atoms with Crippen molar-refractivity contribution in [3.63, 3.8) is 0 Å². The van der Waals surface area contributed by atoms with Crippen LogP contribution in [0.3, 0.4) is 0 Å². The lowest BCUT2D eigenvalue weighted by Crippen LogP contribution is -2.42. The van der Waals surface area contributed by atoms with Gasteiger partial charge >= 0.3 is 0 Å². The average Bonchev–Trinajstić information content (AvgIpc) is 2.28. The molecule has 1 aliphatic rings. The highest BCUT2D eigenvalue weighted by Gasteiger charge is 2.21. The first-order valence-corrected chi connectivity index (χ1v) is 6.36. The monoisotopic (exact) mass is 254 g/mol. The Kier molecular flexibility index (Phi) is 3.84. The summed E-state index contributed by atoms with van der Waals surface area (Å²) in [6.45, 7) is 4.02. The topological polar surface area (TPSA) is 32.3 Å². The Balaban J connectivity index is 2.05. The second kappa shape index (κ2) is 5.19. The SMILES string of the molecule is Cc1cc(N2CCC(N(C)C)CC2)nc(Cl)n1. The lowest BCUT2D eigenvalue weighted by molar-refractivity contribution is 0.249. The van der Waals surface area contributed by atoms with Gasteiger partial charge in [0.1, 0.15) is 5.82 Å². The van der Waals surface area contributed by atoms with E-state index in [-0.39, 0.29) is 0 Å². The summed E-state index contributed by atoms with van der Waals surface area (Å²) in [5.41, 5.74) is 0.926. The molecule has 0 bridgehead atoms. The van der Waals surface area contributed by atoms with Crippen molar-refractivity contribution < 1.29 is 0 Å². The van der Waals surface area contributed by atoms with Crippen molar-refractivity contribution in [3.8, 4) is 0 Å². The van der Waals surface area contributed by atoms with Crippen molar-refractivity contribution in [1.29, 1.82) is 0 Å². The van der Waals surface area contributed by atoms with Crippen molar-refractivity contribution in [1.82, 2.24) is 14.9 Å². The van der Waals surface area contributed by atoms with Gasteiger partial charge in [-0.25, -0.2) is 9.97 Å². The summed E-state index contributed by atoms with van der Waals surface area (Å²) in [7, 11) is 4.29. The van der Waals surface area contributed by atoms with Crippen LogP contribution < -0.4 is 4.90 Å². The molecule has 2 heterocycles. The molecule has 1 aromatic heterocycles. The van der Waals surface area contributed by atoms with Gasteiger partial charge in [-0.1, -0.05) is 0 Å². The minimum Gasteiger partial charge on any atom is -0.356 e. The lowest BCUT2D eigenvalue weighted by atomic mass is 10.0. The standard InChI is InChI=1S/C12H19ClN4/c1-9-8-11(15-12(13)14-9)17-6-4-10(5-7-17)16(2)3/h8,10H,4-7H2,1-3H3. The Hall–Kier alpha value is -0.870. The molecule has 1 aromatic rings. The molecule has 0 unspecified atom stereocenters. The number of rotatable bonds is 2. The predicted molar refractivity (Wildman–Crippen MR) is 70.7 cm³/mol. The Morgan fingerprint density at radius 2 is 1.94 bits per heavy atom. The molecule has 0 N–H and O–H groups in total. The van der Waals surface area contributed by atoms with E-state index in [1.54, 1.807) is 0 Å². The zero-order valence-corrected chi connectivity index (χ0v) is 11.4. The van der Waals surface area contributed by atoms with E-state index in [0.717, 1.165) is 24.6 Å². The van der Waals surface area contributed by atoms with Crippen molar-refractivity contribution in [2.75, 3.05) is 32.1 Å². The summed E-state index contributed by atoms with van der Waals surface area (Å²) < 4.78 is 0. The molecule has 1 aliphatic heterocycles. The van der Waals surface area contributed by atoms with E-state index in [1.807, 2.05) is 13.0 Å². The second-order valence-electron chi connectivity index (χ2n) is 4.82. The summed E-state index contributed by atoms with van der Waals surface area (Å²) >= 11 is 5.89. The van der Waals surface area contributed by atoms with Gasteiger partial charge in [0.25, 0.3) is 0 Å². The van der Waals surface area contributed by atoms with Gasteiger partial charge in [-0.3, -0.25) is 0 Å². The molecule has 5 heteroatoms. The van der Waals surface area contributed by atoms with E-state index >= 15 is 0 Å². The maximum absolute atomic E-state index is 5.89. The van der Waals surface area contributed by atoms with Crippen LogP contribution in [-0.4, -0.2) is 48.1 Å². The van der Waals surface area contributed by atoms with Crippen LogP contribution in [0, 0.1) is 6.92 Å². The van der Waals surface area contributed by atoms with Crippen molar-refractivity contribution >= 4 is 17.4 Å². The van der Waals surface area contributed by atoms with E-state index < -0.39 is 0 Å². The molecule has 4 nitrogen and oxygen atoms in total. The summed E-state index contributed by atoms with van der Waals surface area (Å²) in [5, 5.41) is 0.342. The molecular weight excluding hydrogens is 236 g/mol. The quantitative estimate of drug-likeness (QED) is 0.756. The smallest absolute Gasteiger partial charge is 0.224 e. The van der Waals surface area contributed by atoms with Gasteiger partial charge in [0.2, 0.25) is 5.28 Å². The number of aryl methyl sites for hydroxylation is 1. The fourth-order valence-corrected chi connectivity index (χ4v) is 2.51. The van der Waals surface area contributed by atoms with E-state index in [2.05, 4.69) is 33.9 Å². The maximum Gasteiger partial charge on any atom is 0.224 e. The van der Waals surface area contributed by atoms with E-state index in [0.29, 0.717) is 11.3 Å². The lowest BCUT2D eigenvalue weighted by Gasteiger charge is -2.35. The highest BCUT2D eigenvalue weighted by atomic mass is 35.5. The number of halogens is 1. The van der Waals surface area contributed by atoms with Gasteiger partial charge < -0.3 is 9.80 Å². The predicted octanol–water partition coefficient (Wildman–Crippen LogP) is 1.97. The van der Waals surface area contributed by atoms with Gasteiger partial charge in [0.05, 0.1) is 0 Å². The van der Waals surface area contributed by atoms with E-state index in [9.17, 15) is 0 Å². The van der Waals surface area contributed by atoms with Crippen LogP contribution in [0.15, 0.2) is 6.07 Å². The molecule has 0 aliphatic carbocycles. The zero-order chi connectivity index (χ0) is 12.4. The van der Waals surface area contributed by atoms with Crippen LogP contribution in [0.4, 0.5) is 5.82 Å². The van der Waals surface area contributed by atoms with Crippen molar-refractivity contribution in [3.05, 3.63) is 17.0 Å². The average molecular weight is 255 g/mol. The normalized spacial score (nSPS) is 17.8. The molecule has 1 fully saturated rings. The molecular formula is C12H19ClN4. The van der Waals surface area contributed by atoms with Gasteiger partial charge in [-0.2, -0.15) is 0 Å². The molecule has 0 amide bonds. The molecule has 0 atom stereocenters. The van der Waals surface area contributed by atoms with Crippen LogP contribution in [0.1, 0.15) is 18.5 Å². The Morgan fingerprint density at radius 3 is 2.47 bits per heavy atom. The van der Waals surface area contributed by atoms with Crippen LogP contribution in [0.25, 0.3) is 0 Å². The number of hydrogen-bond acceptors (Lipinski definition) is 4. The van der Waals surface area contributed by atoms with Crippen LogP contribution in [-0.2, 0) is 0 Å². The Bertz CT molecular complexity index is 366. The summed E-state index contributed by atoms with van der Waals surface area (Å²) in [5.74, 6) is 0.958. The summed E-state index contributed by atoms with van der Waals surface area (Å²) in [6, 6.07) is 2.69. The molecule has 0 aromatic carbocycles. The Morgan fingerprint density at radius 1 is 1.29 bits per heavy atom. The first kappa shape index (κ1) is 12.6. The van der Waals surface area contributed by atoms with Crippen molar-refractivity contribution in [2.45, 2.75) is 25.8 Å². The number of hydrogen-bond donors (Lipinski definition) is 0. The molecule has 0 radical (unpaired) electrons. The molecule has 0 saturated carbocycles. The minimum atomic E-state index is 0.342. The maximum atomic E-state index is 5.89. The molecule has 17 heavy (non-hydrogen) atoms. The Labute approximate surface area is 108 Å². The zero-order valence-electron chi connectivity index (χ0n) is 10.6. The first-order chi connectivity index (χ1) is 8.06. The fourth-order valence-electron chi connectivity index (χ4n) is 2.29. The minimum absolute atomic E-state index is 0.342.